The van der Waals surface area contributed by atoms with Crippen molar-refractivity contribution in [3.05, 3.63) is 35.9 Å². The van der Waals surface area contributed by atoms with Crippen molar-refractivity contribution in [1.29, 1.82) is 0 Å². The third-order valence-electron chi connectivity index (χ3n) is 3.07. The quantitative estimate of drug-likeness (QED) is 0.746. The molecule has 0 amide bonds. The van der Waals surface area contributed by atoms with Crippen LogP contribution in [0.1, 0.15) is 38.7 Å². The van der Waals surface area contributed by atoms with Crippen LogP contribution in [0.25, 0.3) is 0 Å². The largest absolute Gasteiger partial charge is 0.391 e. The van der Waals surface area contributed by atoms with Gasteiger partial charge in [0.15, 0.2) is 0 Å². The third-order valence-corrected chi connectivity index (χ3v) is 3.07. The molecule has 3 heteroatoms. The molecule has 0 aliphatic heterocycles. The Balaban J connectivity index is 2.17. The van der Waals surface area contributed by atoms with Gasteiger partial charge in [-0.15, -0.1) is 0 Å². The first kappa shape index (κ1) is 15.9. The number of rotatable bonds is 9. The molecule has 0 saturated carbocycles. The number of hydrogen-bond acceptors (Lipinski definition) is 3. The second-order valence-corrected chi connectivity index (χ2v) is 5.09. The van der Waals surface area contributed by atoms with Crippen LogP contribution >= 0.6 is 0 Å². The van der Waals surface area contributed by atoms with E-state index in [4.69, 9.17) is 4.74 Å². The first-order valence-corrected chi connectivity index (χ1v) is 6.93. The monoisotopic (exact) mass is 264 g/mol. The highest BCUT2D eigenvalue weighted by atomic mass is 16.5. The Morgan fingerprint density at radius 2 is 2.00 bits per heavy atom. The Morgan fingerprint density at radius 1 is 1.32 bits per heavy atom. The van der Waals surface area contributed by atoms with Crippen molar-refractivity contribution in [1.82, 2.24) is 0 Å². The summed E-state index contributed by atoms with van der Waals surface area (Å²) in [7, 11) is 0. The van der Waals surface area contributed by atoms with Crippen molar-refractivity contribution in [3.63, 3.8) is 0 Å². The molecule has 1 aromatic rings. The minimum absolute atomic E-state index is 0.211. The molecule has 0 unspecified atom stereocenters. The Bertz CT molecular complexity index is 362. The highest BCUT2D eigenvalue weighted by Crippen LogP contribution is 2.13. The molecular weight excluding hydrogens is 240 g/mol. The van der Waals surface area contributed by atoms with Crippen molar-refractivity contribution in [2.45, 2.75) is 45.8 Å². The van der Waals surface area contributed by atoms with Crippen LogP contribution in [0.3, 0.4) is 0 Å². The van der Waals surface area contributed by atoms with E-state index in [1.165, 1.54) is 0 Å². The van der Waals surface area contributed by atoms with Gasteiger partial charge in [-0.1, -0.05) is 44.2 Å². The lowest BCUT2D eigenvalue weighted by Gasteiger charge is -2.16. The van der Waals surface area contributed by atoms with Gasteiger partial charge in [0.2, 0.25) is 0 Å². The van der Waals surface area contributed by atoms with E-state index in [1.807, 2.05) is 44.2 Å². The van der Waals surface area contributed by atoms with Crippen LogP contribution in [0.2, 0.25) is 0 Å². The molecule has 0 radical (unpaired) electrons. The lowest BCUT2D eigenvalue weighted by Crippen LogP contribution is -2.19. The van der Waals surface area contributed by atoms with E-state index in [9.17, 15) is 9.90 Å². The molecular formula is C16H24O3. The number of benzene rings is 1. The van der Waals surface area contributed by atoms with Gasteiger partial charge in [-0.05, 0) is 17.9 Å². The molecule has 3 nitrogen and oxygen atoms in total. The Kier molecular flexibility index (Phi) is 7.38. The summed E-state index contributed by atoms with van der Waals surface area (Å²) in [5, 5.41) is 9.85. The number of ether oxygens (including phenoxy) is 1. The molecule has 0 bridgehead atoms. The van der Waals surface area contributed by atoms with Gasteiger partial charge in [0.05, 0.1) is 19.3 Å². The molecule has 0 spiro atoms. The van der Waals surface area contributed by atoms with E-state index in [0.29, 0.717) is 32.5 Å². The molecule has 0 saturated heterocycles. The smallest absolute Gasteiger partial charge is 0.132 e. The zero-order valence-corrected chi connectivity index (χ0v) is 11.8. The fourth-order valence-corrected chi connectivity index (χ4v) is 2.04. The molecule has 1 N–H and O–H groups in total. The second-order valence-electron chi connectivity index (χ2n) is 5.09. The van der Waals surface area contributed by atoms with Crippen molar-refractivity contribution < 1.29 is 14.6 Å². The number of carbonyl (C=O) groups is 1. The van der Waals surface area contributed by atoms with Crippen LogP contribution in [0.15, 0.2) is 30.3 Å². The van der Waals surface area contributed by atoms with Crippen LogP contribution in [0, 0.1) is 5.92 Å². The van der Waals surface area contributed by atoms with Crippen molar-refractivity contribution in [2.24, 2.45) is 5.92 Å². The normalized spacial score (nSPS) is 14.1. The zero-order chi connectivity index (χ0) is 14.1. The summed E-state index contributed by atoms with van der Waals surface area (Å²) in [4.78, 5) is 11.3. The maximum absolute atomic E-state index is 11.3. The van der Waals surface area contributed by atoms with Crippen molar-refractivity contribution in [2.75, 3.05) is 6.61 Å². The molecule has 0 fully saturated rings. The van der Waals surface area contributed by atoms with Gasteiger partial charge in [-0.2, -0.15) is 0 Å². The van der Waals surface area contributed by atoms with E-state index in [-0.39, 0.29) is 11.7 Å². The summed E-state index contributed by atoms with van der Waals surface area (Å²) in [5.74, 6) is 0.465. The van der Waals surface area contributed by atoms with Gasteiger partial charge in [0, 0.05) is 12.8 Å². The number of carbonyl (C=O) groups excluding carboxylic acids is 1. The molecule has 0 heterocycles. The molecule has 0 aromatic heterocycles. The van der Waals surface area contributed by atoms with Crippen LogP contribution in [0.5, 0.6) is 0 Å². The predicted octanol–water partition coefficient (Wildman–Crippen LogP) is 2.96. The average molecular weight is 264 g/mol. The summed E-state index contributed by atoms with van der Waals surface area (Å²) < 4.78 is 5.48. The van der Waals surface area contributed by atoms with E-state index in [2.05, 4.69) is 0 Å². The summed E-state index contributed by atoms with van der Waals surface area (Å²) in [6, 6.07) is 9.88. The highest BCUT2D eigenvalue weighted by Gasteiger charge is 2.13. The zero-order valence-electron chi connectivity index (χ0n) is 11.8. The predicted molar refractivity (Wildman–Crippen MR) is 75.8 cm³/mol. The summed E-state index contributed by atoms with van der Waals surface area (Å²) >= 11 is 0. The van der Waals surface area contributed by atoms with Gasteiger partial charge in [-0.3, -0.25) is 4.79 Å². The van der Waals surface area contributed by atoms with E-state index >= 15 is 0 Å². The molecule has 106 valence electrons. The van der Waals surface area contributed by atoms with Gasteiger partial charge in [0.25, 0.3) is 0 Å². The SMILES string of the molecule is CCC(=O)C[C@@H](C)C[C@H](O)COCc1ccccc1. The van der Waals surface area contributed by atoms with Gasteiger partial charge in [0.1, 0.15) is 5.78 Å². The summed E-state index contributed by atoms with van der Waals surface area (Å²) in [6.07, 6.45) is 1.24. The third kappa shape index (κ3) is 7.09. The van der Waals surface area contributed by atoms with Gasteiger partial charge < -0.3 is 9.84 Å². The number of hydrogen-bond donors (Lipinski definition) is 1. The molecule has 2 atom stereocenters. The number of Topliss-reactive ketones (excluding diaryl/α,β-unsaturated/α-hetero) is 1. The van der Waals surface area contributed by atoms with Crippen LogP contribution in [0.4, 0.5) is 0 Å². The minimum Gasteiger partial charge on any atom is -0.391 e. The minimum atomic E-state index is -0.497. The molecule has 19 heavy (non-hydrogen) atoms. The first-order chi connectivity index (χ1) is 9.11. The van der Waals surface area contributed by atoms with Crippen molar-refractivity contribution >= 4 is 5.78 Å². The standard InChI is InChI=1S/C16H24O3/c1-3-15(17)9-13(2)10-16(18)12-19-11-14-7-5-4-6-8-14/h4-8,13,16,18H,3,9-12H2,1-2H3/t13-,16+/m1/s1. The number of aliphatic hydroxyl groups excluding tert-OH is 1. The van der Waals surface area contributed by atoms with Gasteiger partial charge in [-0.25, -0.2) is 0 Å². The Labute approximate surface area is 115 Å². The summed E-state index contributed by atoms with van der Waals surface area (Å²) in [6.45, 7) is 4.70. The molecule has 0 aliphatic carbocycles. The topological polar surface area (TPSA) is 46.5 Å². The molecule has 1 rings (SSSR count). The van der Waals surface area contributed by atoms with Crippen molar-refractivity contribution in [3.8, 4) is 0 Å². The fourth-order valence-electron chi connectivity index (χ4n) is 2.04. The summed E-state index contributed by atoms with van der Waals surface area (Å²) in [5.41, 5.74) is 1.10. The Morgan fingerprint density at radius 3 is 2.63 bits per heavy atom. The van der Waals surface area contributed by atoms with Gasteiger partial charge >= 0.3 is 0 Å². The lowest BCUT2D eigenvalue weighted by molar-refractivity contribution is -0.119. The Hall–Kier alpha value is -1.19. The van der Waals surface area contributed by atoms with E-state index < -0.39 is 6.10 Å². The average Bonchev–Trinajstić information content (AvgIpc) is 2.39. The first-order valence-electron chi connectivity index (χ1n) is 6.93. The second kappa shape index (κ2) is 8.83. The lowest BCUT2D eigenvalue weighted by atomic mass is 9.97. The molecule has 0 aliphatic rings. The highest BCUT2D eigenvalue weighted by molar-refractivity contribution is 5.78. The maximum atomic E-state index is 11.3. The maximum Gasteiger partial charge on any atom is 0.132 e. The molecule has 1 aromatic carbocycles. The van der Waals surface area contributed by atoms with Crippen LogP contribution in [-0.2, 0) is 16.1 Å². The number of aliphatic hydroxyl groups is 1. The fraction of sp³-hybridized carbons (Fsp3) is 0.562. The number of ketones is 1. The van der Waals surface area contributed by atoms with E-state index in [1.54, 1.807) is 0 Å². The van der Waals surface area contributed by atoms with Crippen LogP contribution in [-0.4, -0.2) is 23.6 Å². The van der Waals surface area contributed by atoms with E-state index in [0.717, 1.165) is 5.56 Å². The van der Waals surface area contributed by atoms with Crippen LogP contribution < -0.4 is 0 Å².